The number of hydrogen-bond acceptors (Lipinski definition) is 2. The van der Waals surface area contributed by atoms with Crippen LogP contribution < -0.4 is 5.32 Å². The molecule has 0 saturated carbocycles. The summed E-state index contributed by atoms with van der Waals surface area (Å²) in [6.45, 7) is 4.62. The van der Waals surface area contributed by atoms with E-state index in [1.54, 1.807) is 18.2 Å². The fraction of sp³-hybridized carbons (Fsp3) is 0.294. The van der Waals surface area contributed by atoms with Gasteiger partial charge in [-0.15, -0.1) is 0 Å². The van der Waals surface area contributed by atoms with E-state index in [1.807, 2.05) is 37.7 Å². The molecule has 1 aromatic carbocycles. The molecule has 0 unspecified atom stereocenters. The summed E-state index contributed by atoms with van der Waals surface area (Å²) < 4.78 is 1.87. The number of carbonyl (C=O) groups excluding carboxylic acids is 1. The summed E-state index contributed by atoms with van der Waals surface area (Å²) >= 11 is 5.82. The van der Waals surface area contributed by atoms with Crippen LogP contribution in [0.25, 0.3) is 6.08 Å². The molecule has 2 aromatic rings. The lowest BCUT2D eigenvalue weighted by Crippen LogP contribution is -2.23. The van der Waals surface area contributed by atoms with Gasteiger partial charge in [0.05, 0.1) is 5.69 Å². The molecule has 0 radical (unpaired) electrons. The Bertz CT molecular complexity index is 687. The Morgan fingerprint density at radius 3 is 2.59 bits per heavy atom. The van der Waals surface area contributed by atoms with Gasteiger partial charge in [-0.1, -0.05) is 23.7 Å². The molecular formula is C17H20ClN3O. The minimum Gasteiger partial charge on any atom is -0.352 e. The fourth-order valence-corrected chi connectivity index (χ4v) is 2.42. The molecule has 5 heteroatoms. The average molecular weight is 318 g/mol. The van der Waals surface area contributed by atoms with Gasteiger partial charge in [0, 0.05) is 30.4 Å². The third-order valence-electron chi connectivity index (χ3n) is 3.63. The van der Waals surface area contributed by atoms with E-state index in [-0.39, 0.29) is 5.91 Å². The Balaban J connectivity index is 1.84. The highest BCUT2D eigenvalue weighted by Gasteiger charge is 2.08. The molecule has 0 aliphatic heterocycles. The Morgan fingerprint density at radius 2 is 2.00 bits per heavy atom. The Labute approximate surface area is 135 Å². The van der Waals surface area contributed by atoms with Gasteiger partial charge in [-0.3, -0.25) is 9.48 Å². The van der Waals surface area contributed by atoms with Crippen molar-refractivity contribution in [3.63, 3.8) is 0 Å². The van der Waals surface area contributed by atoms with E-state index in [2.05, 4.69) is 10.4 Å². The van der Waals surface area contributed by atoms with Crippen molar-refractivity contribution in [2.75, 3.05) is 6.54 Å². The molecule has 22 heavy (non-hydrogen) atoms. The molecule has 116 valence electrons. The molecule has 2 rings (SSSR count). The van der Waals surface area contributed by atoms with Gasteiger partial charge in [-0.2, -0.15) is 5.10 Å². The molecular weight excluding hydrogens is 298 g/mol. The minimum absolute atomic E-state index is 0.103. The monoisotopic (exact) mass is 317 g/mol. The molecule has 0 saturated heterocycles. The summed E-state index contributed by atoms with van der Waals surface area (Å²) in [7, 11) is 1.93. The number of halogens is 1. The molecule has 1 N–H and O–H groups in total. The van der Waals surface area contributed by atoms with E-state index in [1.165, 1.54) is 11.6 Å². The number of nitrogens with one attached hydrogen (secondary N) is 1. The number of hydrogen-bond donors (Lipinski definition) is 1. The number of aryl methyl sites for hydroxylation is 2. The fourth-order valence-electron chi connectivity index (χ4n) is 2.29. The number of benzene rings is 1. The first kappa shape index (κ1) is 16.3. The van der Waals surface area contributed by atoms with Gasteiger partial charge in [0.25, 0.3) is 0 Å². The maximum Gasteiger partial charge on any atom is 0.244 e. The second kappa shape index (κ2) is 7.27. The van der Waals surface area contributed by atoms with Gasteiger partial charge >= 0.3 is 0 Å². The molecule has 0 bridgehead atoms. The maximum absolute atomic E-state index is 11.8. The van der Waals surface area contributed by atoms with Crippen LogP contribution in [0.3, 0.4) is 0 Å². The van der Waals surface area contributed by atoms with E-state index in [4.69, 9.17) is 11.6 Å². The van der Waals surface area contributed by atoms with Crippen molar-refractivity contribution in [1.82, 2.24) is 15.1 Å². The molecule has 1 heterocycles. The zero-order chi connectivity index (χ0) is 16.1. The number of nitrogens with zero attached hydrogens (tertiary/aromatic N) is 2. The predicted molar refractivity (Wildman–Crippen MR) is 89.9 cm³/mol. The molecule has 0 atom stereocenters. The number of amides is 1. The van der Waals surface area contributed by atoms with Crippen LogP contribution in [0.15, 0.2) is 30.3 Å². The summed E-state index contributed by atoms with van der Waals surface area (Å²) in [5.41, 5.74) is 4.30. The highest BCUT2D eigenvalue weighted by Crippen LogP contribution is 2.12. The van der Waals surface area contributed by atoms with Crippen LogP contribution in [-0.4, -0.2) is 22.2 Å². The van der Waals surface area contributed by atoms with Crippen molar-refractivity contribution in [2.45, 2.75) is 20.3 Å². The maximum atomic E-state index is 11.8. The molecule has 4 nitrogen and oxygen atoms in total. The highest BCUT2D eigenvalue weighted by atomic mass is 35.5. The smallest absolute Gasteiger partial charge is 0.244 e. The van der Waals surface area contributed by atoms with Crippen LogP contribution in [0.4, 0.5) is 0 Å². The Hall–Kier alpha value is -2.07. The van der Waals surface area contributed by atoms with Crippen molar-refractivity contribution in [3.8, 4) is 0 Å². The van der Waals surface area contributed by atoms with Crippen LogP contribution in [0.5, 0.6) is 0 Å². The topological polar surface area (TPSA) is 46.9 Å². The van der Waals surface area contributed by atoms with Crippen molar-refractivity contribution in [1.29, 1.82) is 0 Å². The van der Waals surface area contributed by atoms with E-state index in [0.29, 0.717) is 11.6 Å². The standard InChI is InChI=1S/C17H20ClN3O/c1-12-16(13(2)21(3)20-12)10-11-19-17(22)9-6-14-4-7-15(18)8-5-14/h4-9H,10-11H2,1-3H3,(H,19,22)/b9-6+. The number of aromatic nitrogens is 2. The number of rotatable bonds is 5. The Kier molecular flexibility index (Phi) is 5.39. The molecule has 0 fully saturated rings. The van der Waals surface area contributed by atoms with Crippen LogP contribution in [-0.2, 0) is 18.3 Å². The number of carbonyl (C=O) groups is 1. The molecule has 1 aromatic heterocycles. The van der Waals surface area contributed by atoms with E-state index in [9.17, 15) is 4.79 Å². The third kappa shape index (κ3) is 4.21. The van der Waals surface area contributed by atoms with Crippen molar-refractivity contribution in [3.05, 3.63) is 57.9 Å². The first-order valence-electron chi connectivity index (χ1n) is 7.18. The molecule has 0 spiro atoms. The van der Waals surface area contributed by atoms with E-state index >= 15 is 0 Å². The van der Waals surface area contributed by atoms with Gasteiger partial charge in [0.15, 0.2) is 0 Å². The van der Waals surface area contributed by atoms with Crippen molar-refractivity contribution in [2.24, 2.45) is 7.05 Å². The van der Waals surface area contributed by atoms with Gasteiger partial charge in [-0.05, 0) is 49.6 Å². The summed E-state index contributed by atoms with van der Waals surface area (Å²) in [6, 6.07) is 7.34. The normalized spacial score (nSPS) is 11.1. The quantitative estimate of drug-likeness (QED) is 0.862. The van der Waals surface area contributed by atoms with Gasteiger partial charge in [0.2, 0.25) is 5.91 Å². The van der Waals surface area contributed by atoms with Crippen LogP contribution in [0.2, 0.25) is 5.02 Å². The lowest BCUT2D eigenvalue weighted by Gasteiger charge is -2.03. The average Bonchev–Trinajstić information content (AvgIpc) is 2.73. The molecule has 0 aliphatic rings. The van der Waals surface area contributed by atoms with Crippen LogP contribution in [0, 0.1) is 13.8 Å². The molecule has 1 amide bonds. The summed E-state index contributed by atoms with van der Waals surface area (Å²) in [5.74, 6) is -0.103. The molecule has 0 aliphatic carbocycles. The second-order valence-electron chi connectivity index (χ2n) is 5.20. The zero-order valence-electron chi connectivity index (χ0n) is 13.1. The summed E-state index contributed by atoms with van der Waals surface area (Å²) in [6.07, 6.45) is 4.09. The summed E-state index contributed by atoms with van der Waals surface area (Å²) in [4.78, 5) is 11.8. The summed E-state index contributed by atoms with van der Waals surface area (Å²) in [5, 5.41) is 7.94. The lowest BCUT2D eigenvalue weighted by atomic mass is 10.1. The zero-order valence-corrected chi connectivity index (χ0v) is 13.8. The predicted octanol–water partition coefficient (Wildman–Crippen LogP) is 3.06. The lowest BCUT2D eigenvalue weighted by molar-refractivity contribution is -0.116. The second-order valence-corrected chi connectivity index (χ2v) is 5.64. The van der Waals surface area contributed by atoms with Crippen LogP contribution >= 0.6 is 11.6 Å². The largest absolute Gasteiger partial charge is 0.352 e. The third-order valence-corrected chi connectivity index (χ3v) is 3.88. The van der Waals surface area contributed by atoms with E-state index < -0.39 is 0 Å². The Morgan fingerprint density at radius 1 is 1.32 bits per heavy atom. The van der Waals surface area contributed by atoms with Crippen molar-refractivity contribution >= 4 is 23.6 Å². The highest BCUT2D eigenvalue weighted by molar-refractivity contribution is 6.30. The SMILES string of the molecule is Cc1nn(C)c(C)c1CCNC(=O)/C=C/c1ccc(Cl)cc1. The van der Waals surface area contributed by atoms with Gasteiger partial charge < -0.3 is 5.32 Å². The van der Waals surface area contributed by atoms with E-state index in [0.717, 1.165) is 23.4 Å². The van der Waals surface area contributed by atoms with Gasteiger partial charge in [0.1, 0.15) is 0 Å². The minimum atomic E-state index is -0.103. The first-order valence-corrected chi connectivity index (χ1v) is 7.55. The van der Waals surface area contributed by atoms with Crippen LogP contribution in [0.1, 0.15) is 22.5 Å². The first-order chi connectivity index (χ1) is 10.5. The van der Waals surface area contributed by atoms with Crippen molar-refractivity contribution < 1.29 is 4.79 Å². The van der Waals surface area contributed by atoms with Gasteiger partial charge in [-0.25, -0.2) is 0 Å².